The molecule has 9 heteroatoms. The second-order valence-electron chi connectivity index (χ2n) is 1.90. The molecule has 1 saturated heterocycles. The summed E-state index contributed by atoms with van der Waals surface area (Å²) in [7, 11) is 0. The number of nitrogens with two attached hydrogens (primary N) is 1. The first-order chi connectivity index (χ1) is 5.09. The summed E-state index contributed by atoms with van der Waals surface area (Å²) in [5.41, 5.74) is 4.70. The van der Waals surface area contributed by atoms with Crippen molar-refractivity contribution in [3.8, 4) is 0 Å². The van der Waals surface area contributed by atoms with Crippen LogP contribution in [0.2, 0.25) is 0 Å². The maximum atomic E-state index is 10.7. The van der Waals surface area contributed by atoms with Gasteiger partial charge >= 0.3 is 12.1 Å². The zero-order valence-electron chi connectivity index (χ0n) is 6.39. The summed E-state index contributed by atoms with van der Waals surface area (Å²) < 4.78 is 0. The van der Waals surface area contributed by atoms with Crippen LogP contribution in [0.15, 0.2) is 0 Å². The minimum Gasteiger partial charge on any atom is -0.352 e. The van der Waals surface area contributed by atoms with Crippen molar-refractivity contribution >= 4 is 18.0 Å². The summed E-state index contributed by atoms with van der Waals surface area (Å²) in [6.45, 7) is 0. The average Bonchev–Trinajstić information content (AvgIpc) is 2.09. The van der Waals surface area contributed by atoms with Gasteiger partial charge in [0.25, 0.3) is 5.91 Å². The Morgan fingerprint density at radius 1 is 1.46 bits per heavy atom. The summed E-state index contributed by atoms with van der Waals surface area (Å²) in [6.07, 6.45) is -1.04. The molecule has 73 valence electrons. The molecule has 1 aliphatic rings. The Bertz CT molecular complexity index is 235. The molecule has 1 radical (unpaired) electrons. The molecular weight excluding hydrogens is 325 g/mol. The fourth-order valence-corrected chi connectivity index (χ4v) is 0.661. The van der Waals surface area contributed by atoms with Crippen molar-refractivity contribution in [2.45, 2.75) is 6.17 Å². The van der Waals surface area contributed by atoms with Crippen molar-refractivity contribution in [2.75, 3.05) is 0 Å². The first kappa shape index (κ1) is 15.1. The Kier molecular flexibility index (Phi) is 7.06. The van der Waals surface area contributed by atoms with Crippen LogP contribution in [0, 0.1) is 0 Å². The van der Waals surface area contributed by atoms with Gasteiger partial charge in [-0.25, -0.2) is 9.59 Å². The van der Waals surface area contributed by atoms with Gasteiger partial charge < -0.3 is 16.4 Å². The van der Waals surface area contributed by atoms with Crippen LogP contribution >= 0.6 is 0 Å². The molecule has 0 saturated carbocycles. The first-order valence-electron chi connectivity index (χ1n) is 2.77. The van der Waals surface area contributed by atoms with Gasteiger partial charge in [-0.2, -0.15) is 0 Å². The molecule has 13 heavy (non-hydrogen) atoms. The number of primary amides is 1. The van der Waals surface area contributed by atoms with Gasteiger partial charge in [0.1, 0.15) is 0 Å². The van der Waals surface area contributed by atoms with E-state index in [0.29, 0.717) is 0 Å². The number of amides is 5. The van der Waals surface area contributed by atoms with Gasteiger partial charge in [-0.15, -0.1) is 0 Å². The average molecular weight is 331 g/mol. The van der Waals surface area contributed by atoms with E-state index in [9.17, 15) is 14.4 Å². The SMILES string of the molecule is NC(=O)NC1NC(=O)NC1=O.[Ag].[Zn]. The van der Waals surface area contributed by atoms with E-state index in [1.54, 1.807) is 0 Å². The van der Waals surface area contributed by atoms with Crippen molar-refractivity contribution in [1.29, 1.82) is 0 Å². The molecule has 0 aromatic heterocycles. The van der Waals surface area contributed by atoms with Crippen molar-refractivity contribution in [3.63, 3.8) is 0 Å². The standard InChI is InChI=1S/C4H6N4O3.Ag.Zn/c5-3(10)6-1-2(9)8-4(11)7-1;;/h1H,(H3,5,6,10)(H2,7,8,9,11);;. The van der Waals surface area contributed by atoms with E-state index in [1.807, 2.05) is 10.6 Å². The predicted octanol–water partition coefficient (Wildman–Crippen LogP) is -2.18. The maximum Gasteiger partial charge on any atom is 0.323 e. The molecule has 0 aromatic carbocycles. The third kappa shape index (κ3) is 4.37. The zero-order valence-corrected chi connectivity index (χ0v) is 10.8. The van der Waals surface area contributed by atoms with E-state index in [-0.39, 0.29) is 41.9 Å². The number of urea groups is 2. The van der Waals surface area contributed by atoms with E-state index in [2.05, 4.69) is 5.32 Å². The Hall–Kier alpha value is -0.426. The normalized spacial score (nSPS) is 18.9. The van der Waals surface area contributed by atoms with Crippen LogP contribution in [-0.4, -0.2) is 24.1 Å². The van der Waals surface area contributed by atoms with Crippen molar-refractivity contribution in [3.05, 3.63) is 0 Å². The summed E-state index contributed by atoms with van der Waals surface area (Å²) >= 11 is 0. The predicted molar refractivity (Wildman–Crippen MR) is 33.2 cm³/mol. The Balaban J connectivity index is 0. The van der Waals surface area contributed by atoms with Gasteiger partial charge in [-0.1, -0.05) is 0 Å². The third-order valence-electron chi connectivity index (χ3n) is 1.06. The molecule has 1 aliphatic heterocycles. The summed E-state index contributed by atoms with van der Waals surface area (Å²) in [4.78, 5) is 31.3. The van der Waals surface area contributed by atoms with E-state index < -0.39 is 24.1 Å². The van der Waals surface area contributed by atoms with Crippen molar-refractivity contribution in [1.82, 2.24) is 16.0 Å². The summed E-state index contributed by atoms with van der Waals surface area (Å²) in [5.74, 6) is -0.617. The quantitative estimate of drug-likeness (QED) is 0.323. The number of imide groups is 1. The molecule has 7 nitrogen and oxygen atoms in total. The van der Waals surface area contributed by atoms with Crippen molar-refractivity contribution < 1.29 is 56.2 Å². The van der Waals surface area contributed by atoms with Crippen LogP contribution in [0.4, 0.5) is 9.59 Å². The number of rotatable bonds is 1. The zero-order chi connectivity index (χ0) is 8.43. The van der Waals surface area contributed by atoms with Crippen LogP contribution in [0.25, 0.3) is 0 Å². The van der Waals surface area contributed by atoms with Gasteiger partial charge in [-0.3, -0.25) is 10.1 Å². The summed E-state index contributed by atoms with van der Waals surface area (Å²) in [5, 5.41) is 6.05. The van der Waals surface area contributed by atoms with Gasteiger partial charge in [-0.05, 0) is 0 Å². The molecule has 0 bridgehead atoms. The van der Waals surface area contributed by atoms with Gasteiger partial charge in [0.05, 0.1) is 0 Å². The van der Waals surface area contributed by atoms with E-state index >= 15 is 0 Å². The smallest absolute Gasteiger partial charge is 0.323 e. The summed E-state index contributed by atoms with van der Waals surface area (Å²) in [6, 6.07) is -1.51. The Morgan fingerprint density at radius 2 is 2.00 bits per heavy atom. The van der Waals surface area contributed by atoms with Crippen LogP contribution in [0.5, 0.6) is 0 Å². The van der Waals surface area contributed by atoms with E-state index in [0.717, 1.165) is 0 Å². The molecule has 1 atom stereocenters. The maximum absolute atomic E-state index is 10.7. The van der Waals surface area contributed by atoms with Gasteiger partial charge in [0, 0.05) is 41.9 Å². The molecule has 0 aliphatic carbocycles. The number of carbonyl (C=O) groups excluding carboxylic acids is 3. The minimum atomic E-state index is -1.04. The van der Waals surface area contributed by atoms with Crippen LogP contribution < -0.4 is 21.7 Å². The third-order valence-corrected chi connectivity index (χ3v) is 1.06. The van der Waals surface area contributed by atoms with Gasteiger partial charge in [0.2, 0.25) is 0 Å². The van der Waals surface area contributed by atoms with Crippen LogP contribution in [0.1, 0.15) is 0 Å². The van der Waals surface area contributed by atoms with Crippen LogP contribution in [-0.2, 0) is 46.7 Å². The fourth-order valence-electron chi connectivity index (χ4n) is 0.661. The first-order valence-corrected chi connectivity index (χ1v) is 2.77. The Labute approximate surface area is 102 Å². The van der Waals surface area contributed by atoms with Gasteiger partial charge in [0.15, 0.2) is 6.17 Å². The second-order valence-corrected chi connectivity index (χ2v) is 1.90. The molecule has 1 unspecified atom stereocenters. The fraction of sp³-hybridized carbons (Fsp3) is 0.250. The molecular formula is C4H6AgN4O3Zn. The largest absolute Gasteiger partial charge is 0.352 e. The monoisotopic (exact) mass is 329 g/mol. The number of carbonyl (C=O) groups is 3. The van der Waals surface area contributed by atoms with Crippen LogP contribution in [0.3, 0.4) is 0 Å². The minimum absolute atomic E-state index is 0. The molecule has 5 amide bonds. The Morgan fingerprint density at radius 3 is 2.31 bits per heavy atom. The molecule has 5 N–H and O–H groups in total. The topological polar surface area (TPSA) is 113 Å². The number of hydrogen-bond acceptors (Lipinski definition) is 3. The molecule has 0 spiro atoms. The number of hydrogen-bond donors (Lipinski definition) is 4. The van der Waals surface area contributed by atoms with E-state index in [4.69, 9.17) is 5.73 Å². The molecule has 0 aromatic rings. The number of nitrogens with one attached hydrogen (secondary N) is 3. The molecule has 1 rings (SSSR count). The van der Waals surface area contributed by atoms with E-state index in [1.165, 1.54) is 0 Å². The second kappa shape index (κ2) is 6.09. The molecule has 1 heterocycles. The van der Waals surface area contributed by atoms with Crippen molar-refractivity contribution in [2.24, 2.45) is 5.73 Å². The molecule has 1 fully saturated rings.